The molecule has 46 heavy (non-hydrogen) atoms. The number of nitrogens with zero attached hydrogens (tertiary/aromatic N) is 6. The Bertz CT molecular complexity index is 1930. The second kappa shape index (κ2) is 13.5. The van der Waals surface area contributed by atoms with E-state index in [0.29, 0.717) is 21.9 Å². The van der Waals surface area contributed by atoms with Crippen molar-refractivity contribution in [3.8, 4) is 34.3 Å². The van der Waals surface area contributed by atoms with E-state index in [2.05, 4.69) is 38.7 Å². The van der Waals surface area contributed by atoms with Crippen molar-refractivity contribution in [1.82, 2.24) is 19.3 Å². The lowest BCUT2D eigenvalue weighted by Gasteiger charge is -2.16. The lowest BCUT2D eigenvalue weighted by atomic mass is 10.0. The predicted octanol–water partition coefficient (Wildman–Crippen LogP) is 7.93. The summed E-state index contributed by atoms with van der Waals surface area (Å²) in [4.78, 5) is 25.2. The fourth-order valence-corrected chi connectivity index (χ4v) is 5.41. The average molecular weight is 653 g/mol. The summed E-state index contributed by atoms with van der Waals surface area (Å²) in [7, 11) is 1.60. The summed E-state index contributed by atoms with van der Waals surface area (Å²) in [5.41, 5.74) is 4.05. The number of hydrogen-bond donors (Lipinski definition) is 0. The van der Waals surface area contributed by atoms with Crippen LogP contribution in [0.1, 0.15) is 42.8 Å². The number of aliphatic imine (C=N–C) groups is 1. The molecule has 14 heteroatoms. The molecule has 238 valence electrons. The van der Waals surface area contributed by atoms with Crippen LogP contribution < -0.4 is 14.3 Å². The Morgan fingerprint density at radius 3 is 2.37 bits per heavy atom. The van der Waals surface area contributed by atoms with Crippen molar-refractivity contribution in [2.45, 2.75) is 39.2 Å². The molecule has 2 amide bonds. The standard InChI is InChI=1S/C32H28F4N6O3S/c1-19(2)26-15-25(44-4)13-14-28(26)42-20(3)17-46-31(42)39-30(43)37-16-27(33)21-5-7-22(8-6-21)29-38-18-41(40-29)23-9-11-24(12-10-23)45-32(34,35)36/h5-19,27H,1-4H3. The van der Waals surface area contributed by atoms with Gasteiger partial charge in [0.2, 0.25) is 0 Å². The van der Waals surface area contributed by atoms with E-state index in [-0.39, 0.29) is 17.2 Å². The largest absolute Gasteiger partial charge is 0.573 e. The van der Waals surface area contributed by atoms with Crippen LogP contribution in [0, 0.1) is 6.92 Å². The van der Waals surface area contributed by atoms with E-state index in [4.69, 9.17) is 4.74 Å². The highest BCUT2D eigenvalue weighted by molar-refractivity contribution is 7.07. The summed E-state index contributed by atoms with van der Waals surface area (Å²) >= 11 is 1.28. The number of carbonyl (C=O) groups excluding carboxylic acids is 1. The van der Waals surface area contributed by atoms with Crippen LogP contribution >= 0.6 is 11.3 Å². The average Bonchev–Trinajstić information content (AvgIpc) is 3.66. The highest BCUT2D eigenvalue weighted by atomic mass is 32.1. The van der Waals surface area contributed by atoms with Gasteiger partial charge in [-0.25, -0.2) is 23.8 Å². The molecule has 0 N–H and O–H groups in total. The van der Waals surface area contributed by atoms with Crippen LogP contribution in [0.25, 0.3) is 22.8 Å². The number of amides is 2. The van der Waals surface area contributed by atoms with Gasteiger partial charge in [-0.2, -0.15) is 4.99 Å². The van der Waals surface area contributed by atoms with Crippen LogP contribution in [-0.4, -0.2) is 45.0 Å². The molecule has 0 fully saturated rings. The number of thiazole rings is 1. The second-order valence-corrected chi connectivity index (χ2v) is 11.2. The Balaban J connectivity index is 1.28. The number of carbonyl (C=O) groups is 1. The maximum absolute atomic E-state index is 15.0. The van der Waals surface area contributed by atoms with Crippen molar-refractivity contribution >= 4 is 23.6 Å². The molecule has 5 aromatic rings. The van der Waals surface area contributed by atoms with Gasteiger partial charge in [-0.1, -0.05) is 38.1 Å². The highest BCUT2D eigenvalue weighted by Crippen LogP contribution is 2.28. The van der Waals surface area contributed by atoms with Gasteiger partial charge >= 0.3 is 12.4 Å². The Morgan fingerprint density at radius 1 is 1.02 bits per heavy atom. The molecule has 0 saturated heterocycles. The summed E-state index contributed by atoms with van der Waals surface area (Å²) in [6.45, 7) is 6.03. The number of hydrogen-bond acceptors (Lipinski definition) is 6. The monoisotopic (exact) mass is 652 g/mol. The maximum Gasteiger partial charge on any atom is 0.573 e. The van der Waals surface area contributed by atoms with Crippen molar-refractivity contribution in [2.24, 2.45) is 9.98 Å². The zero-order valence-corrected chi connectivity index (χ0v) is 25.9. The number of aryl methyl sites for hydroxylation is 1. The first-order valence-electron chi connectivity index (χ1n) is 13.9. The molecular formula is C32H28F4N6O3S. The first-order chi connectivity index (χ1) is 21.9. The predicted molar refractivity (Wildman–Crippen MR) is 166 cm³/mol. The van der Waals surface area contributed by atoms with Crippen LogP contribution in [0.4, 0.5) is 22.4 Å². The number of rotatable bonds is 8. The minimum absolute atomic E-state index is 0.172. The van der Waals surface area contributed by atoms with Gasteiger partial charge in [-0.05, 0) is 66.4 Å². The molecule has 0 aliphatic heterocycles. The number of ether oxygens (including phenoxy) is 2. The molecular weight excluding hydrogens is 624 g/mol. The van der Waals surface area contributed by atoms with Crippen molar-refractivity contribution < 1.29 is 31.8 Å². The van der Waals surface area contributed by atoms with Crippen molar-refractivity contribution in [3.63, 3.8) is 0 Å². The number of aromatic nitrogens is 4. The first kappa shape index (κ1) is 32.3. The minimum Gasteiger partial charge on any atom is -0.497 e. The molecule has 0 aliphatic carbocycles. The molecule has 0 radical (unpaired) electrons. The third kappa shape index (κ3) is 7.57. The number of methoxy groups -OCH3 is 1. The first-order valence-corrected chi connectivity index (χ1v) is 14.8. The number of benzene rings is 3. The van der Waals surface area contributed by atoms with Gasteiger partial charge in [0, 0.05) is 22.9 Å². The zero-order chi connectivity index (χ0) is 33.0. The smallest absolute Gasteiger partial charge is 0.497 e. The number of urea groups is 1. The summed E-state index contributed by atoms with van der Waals surface area (Å²) < 4.78 is 64.8. The van der Waals surface area contributed by atoms with E-state index in [1.807, 2.05) is 35.1 Å². The summed E-state index contributed by atoms with van der Waals surface area (Å²) in [5, 5.41) is 6.22. The summed E-state index contributed by atoms with van der Waals surface area (Å²) in [6.07, 6.45) is -4.16. The van der Waals surface area contributed by atoms with E-state index in [0.717, 1.165) is 28.9 Å². The fourth-order valence-electron chi connectivity index (χ4n) is 4.55. The topological polar surface area (TPSA) is 95.9 Å². The van der Waals surface area contributed by atoms with E-state index in [9.17, 15) is 18.0 Å². The Kier molecular flexibility index (Phi) is 9.46. The van der Waals surface area contributed by atoms with E-state index in [1.54, 1.807) is 19.2 Å². The van der Waals surface area contributed by atoms with Gasteiger partial charge in [0.15, 0.2) is 16.8 Å². The molecule has 0 saturated carbocycles. The van der Waals surface area contributed by atoms with Gasteiger partial charge in [0.1, 0.15) is 17.8 Å². The highest BCUT2D eigenvalue weighted by Gasteiger charge is 2.31. The molecule has 0 bridgehead atoms. The summed E-state index contributed by atoms with van der Waals surface area (Å²) in [6, 6.07) is 16.3. The van der Waals surface area contributed by atoms with E-state index < -0.39 is 18.6 Å². The molecule has 5 rings (SSSR count). The van der Waals surface area contributed by atoms with E-state index in [1.165, 1.54) is 58.7 Å². The molecule has 1 unspecified atom stereocenters. The quantitative estimate of drug-likeness (QED) is 0.125. The fraction of sp³-hybridized carbons (Fsp3) is 0.219. The lowest BCUT2D eigenvalue weighted by Crippen LogP contribution is -2.17. The van der Waals surface area contributed by atoms with Gasteiger partial charge in [0.25, 0.3) is 0 Å². The van der Waals surface area contributed by atoms with Crippen LogP contribution in [-0.2, 0) is 0 Å². The molecule has 3 aromatic carbocycles. The molecule has 9 nitrogen and oxygen atoms in total. The van der Waals surface area contributed by atoms with Gasteiger partial charge in [-0.3, -0.25) is 4.57 Å². The van der Waals surface area contributed by atoms with E-state index >= 15 is 4.39 Å². The van der Waals surface area contributed by atoms with Crippen molar-refractivity contribution in [2.75, 3.05) is 7.11 Å². The second-order valence-electron chi connectivity index (χ2n) is 10.3. The normalized spacial score (nSPS) is 13.0. The SMILES string of the molecule is COc1ccc(-n2c(C)csc2=NC(=O)N=CC(F)c2ccc(-c3ncn(-c4ccc(OC(F)(F)F)cc4)n3)cc2)c(C(C)C)c1. The maximum atomic E-state index is 15.0. The van der Waals surface area contributed by atoms with Crippen LogP contribution in [0.3, 0.4) is 0 Å². The third-order valence-electron chi connectivity index (χ3n) is 6.80. The molecule has 1 atom stereocenters. The molecule has 0 spiro atoms. The van der Waals surface area contributed by atoms with Gasteiger partial charge in [0.05, 0.1) is 18.5 Å². The summed E-state index contributed by atoms with van der Waals surface area (Å²) in [5.74, 6) is 0.856. The third-order valence-corrected chi connectivity index (χ3v) is 7.74. The number of alkyl halides is 4. The molecule has 2 heterocycles. The molecule has 2 aromatic heterocycles. The molecule has 0 aliphatic rings. The van der Waals surface area contributed by atoms with Crippen LogP contribution in [0.5, 0.6) is 11.5 Å². The Hall–Kier alpha value is -5.11. The number of halogens is 4. The minimum atomic E-state index is -4.79. The lowest BCUT2D eigenvalue weighted by molar-refractivity contribution is -0.274. The van der Waals surface area contributed by atoms with Gasteiger partial charge in [-0.15, -0.1) is 29.6 Å². The van der Waals surface area contributed by atoms with Gasteiger partial charge < -0.3 is 9.47 Å². The Labute approximate surface area is 265 Å². The van der Waals surface area contributed by atoms with Crippen LogP contribution in [0.15, 0.2) is 88.4 Å². The van der Waals surface area contributed by atoms with Crippen LogP contribution in [0.2, 0.25) is 0 Å². The van der Waals surface area contributed by atoms with Crippen molar-refractivity contribution in [1.29, 1.82) is 0 Å². The Morgan fingerprint density at radius 2 is 1.72 bits per heavy atom. The zero-order valence-electron chi connectivity index (χ0n) is 25.1. The van der Waals surface area contributed by atoms with Crippen molar-refractivity contribution in [3.05, 3.63) is 100 Å².